The van der Waals surface area contributed by atoms with E-state index in [9.17, 15) is 4.79 Å². The van der Waals surface area contributed by atoms with Crippen molar-refractivity contribution in [2.24, 2.45) is 10.9 Å². The van der Waals surface area contributed by atoms with Crippen LogP contribution in [0.4, 0.5) is 5.69 Å². The normalized spacial score (nSPS) is 18.6. The minimum Gasteiger partial charge on any atom is -0.368 e. The highest BCUT2D eigenvalue weighted by molar-refractivity contribution is 6.30. The first-order valence-corrected chi connectivity index (χ1v) is 8.55. The number of nitrogens with zero attached hydrogens (tertiary/aromatic N) is 4. The summed E-state index contributed by atoms with van der Waals surface area (Å²) in [7, 11) is 0. The van der Waals surface area contributed by atoms with Gasteiger partial charge >= 0.3 is 0 Å². The molecule has 2 aliphatic heterocycles. The maximum Gasteiger partial charge on any atom is 0.231 e. The molecule has 0 radical (unpaired) electrons. The van der Waals surface area contributed by atoms with Crippen LogP contribution in [0.2, 0.25) is 5.02 Å². The van der Waals surface area contributed by atoms with Gasteiger partial charge in [-0.15, -0.1) is 0 Å². The smallest absolute Gasteiger partial charge is 0.231 e. The Kier molecular flexibility index (Phi) is 4.76. The lowest BCUT2D eigenvalue weighted by molar-refractivity contribution is -0.130. The number of hydrogen-bond donors (Lipinski definition) is 0. The van der Waals surface area contributed by atoms with Crippen molar-refractivity contribution in [1.29, 1.82) is 0 Å². The number of rotatable bonds is 2. The summed E-state index contributed by atoms with van der Waals surface area (Å²) in [6, 6.07) is 7.96. The largest absolute Gasteiger partial charge is 0.368 e. The molecule has 0 aromatic heterocycles. The summed E-state index contributed by atoms with van der Waals surface area (Å²) in [5, 5.41) is 0.763. The highest BCUT2D eigenvalue weighted by Crippen LogP contribution is 2.21. The van der Waals surface area contributed by atoms with Crippen LogP contribution in [0.1, 0.15) is 13.8 Å². The molecule has 1 saturated heterocycles. The summed E-state index contributed by atoms with van der Waals surface area (Å²) in [5.41, 5.74) is 1.15. The Morgan fingerprint density at radius 2 is 1.83 bits per heavy atom. The SMILES string of the molecule is CC(C)C(=O)N1CCN=C1N1CCN(c2cccc(Cl)c2)CC1. The van der Waals surface area contributed by atoms with Crippen LogP contribution in [0, 0.1) is 5.92 Å². The van der Waals surface area contributed by atoms with Crippen LogP contribution in [0.5, 0.6) is 0 Å². The van der Waals surface area contributed by atoms with Gasteiger partial charge < -0.3 is 9.80 Å². The maximum absolute atomic E-state index is 12.3. The van der Waals surface area contributed by atoms with Gasteiger partial charge in [0.05, 0.1) is 6.54 Å². The molecule has 2 heterocycles. The van der Waals surface area contributed by atoms with Crippen molar-refractivity contribution in [1.82, 2.24) is 9.80 Å². The zero-order valence-corrected chi connectivity index (χ0v) is 14.5. The third kappa shape index (κ3) is 3.44. The summed E-state index contributed by atoms with van der Waals surface area (Å²) < 4.78 is 0. The molecule has 124 valence electrons. The summed E-state index contributed by atoms with van der Waals surface area (Å²) in [6.45, 7) is 8.85. The zero-order chi connectivity index (χ0) is 16.4. The van der Waals surface area contributed by atoms with E-state index in [1.54, 1.807) is 0 Å². The Labute approximate surface area is 142 Å². The van der Waals surface area contributed by atoms with Crippen molar-refractivity contribution in [2.75, 3.05) is 44.2 Å². The van der Waals surface area contributed by atoms with Crippen molar-refractivity contribution in [3.63, 3.8) is 0 Å². The number of guanidine groups is 1. The quantitative estimate of drug-likeness (QED) is 0.833. The number of halogens is 1. The van der Waals surface area contributed by atoms with Gasteiger partial charge in [0.1, 0.15) is 0 Å². The predicted octanol–water partition coefficient (Wildman–Crippen LogP) is 2.32. The third-order valence-electron chi connectivity index (χ3n) is 4.31. The maximum atomic E-state index is 12.3. The van der Waals surface area contributed by atoms with Gasteiger partial charge in [0, 0.05) is 49.4 Å². The van der Waals surface area contributed by atoms with E-state index in [1.807, 2.05) is 36.9 Å². The molecule has 5 nitrogen and oxygen atoms in total. The molecule has 2 aliphatic rings. The van der Waals surface area contributed by atoms with Gasteiger partial charge in [-0.1, -0.05) is 31.5 Å². The second-order valence-corrected chi connectivity index (χ2v) is 6.72. The topological polar surface area (TPSA) is 39.2 Å². The monoisotopic (exact) mass is 334 g/mol. The van der Waals surface area contributed by atoms with Crippen LogP contribution in [0.25, 0.3) is 0 Å². The van der Waals surface area contributed by atoms with Gasteiger partial charge in [-0.2, -0.15) is 0 Å². The van der Waals surface area contributed by atoms with Crippen LogP contribution in [-0.4, -0.2) is 60.9 Å². The number of amides is 1. The van der Waals surface area contributed by atoms with Crippen molar-refractivity contribution in [2.45, 2.75) is 13.8 Å². The second kappa shape index (κ2) is 6.79. The Morgan fingerprint density at radius 1 is 1.13 bits per heavy atom. The minimum absolute atomic E-state index is 0.00560. The molecule has 0 aliphatic carbocycles. The molecule has 6 heteroatoms. The van der Waals surface area contributed by atoms with E-state index in [4.69, 9.17) is 11.6 Å². The molecule has 0 spiro atoms. The first-order valence-electron chi connectivity index (χ1n) is 8.17. The number of benzene rings is 1. The first kappa shape index (κ1) is 16.1. The number of carbonyl (C=O) groups is 1. The van der Waals surface area contributed by atoms with E-state index >= 15 is 0 Å². The Hall–Kier alpha value is -1.75. The second-order valence-electron chi connectivity index (χ2n) is 6.28. The van der Waals surface area contributed by atoms with E-state index in [-0.39, 0.29) is 11.8 Å². The number of anilines is 1. The molecule has 23 heavy (non-hydrogen) atoms. The first-order chi connectivity index (χ1) is 11.1. The molecule has 1 amide bonds. The molecular formula is C17H23ClN4O. The molecule has 0 atom stereocenters. The average Bonchev–Trinajstić information content (AvgIpc) is 3.03. The summed E-state index contributed by atoms with van der Waals surface area (Å²) >= 11 is 6.08. The van der Waals surface area contributed by atoms with E-state index in [0.29, 0.717) is 13.1 Å². The highest BCUT2D eigenvalue weighted by Gasteiger charge is 2.31. The lowest BCUT2D eigenvalue weighted by Crippen LogP contribution is -2.54. The zero-order valence-electron chi connectivity index (χ0n) is 13.7. The molecule has 0 N–H and O–H groups in total. The minimum atomic E-state index is 0.00560. The molecule has 1 aromatic carbocycles. The third-order valence-corrected chi connectivity index (χ3v) is 4.55. The lowest BCUT2D eigenvalue weighted by atomic mass is 10.2. The van der Waals surface area contributed by atoms with Crippen LogP contribution in [-0.2, 0) is 4.79 Å². The van der Waals surface area contributed by atoms with Gasteiger partial charge in [0.2, 0.25) is 11.9 Å². The molecule has 0 unspecified atom stereocenters. The molecular weight excluding hydrogens is 312 g/mol. The van der Waals surface area contributed by atoms with Crippen LogP contribution in [0.3, 0.4) is 0 Å². The van der Waals surface area contributed by atoms with Crippen LogP contribution >= 0.6 is 11.6 Å². The fourth-order valence-electron chi connectivity index (χ4n) is 3.06. The summed E-state index contributed by atoms with van der Waals surface area (Å²) in [4.78, 5) is 23.3. The summed E-state index contributed by atoms with van der Waals surface area (Å²) in [6.07, 6.45) is 0. The Bertz CT molecular complexity index is 608. The van der Waals surface area contributed by atoms with Crippen molar-refractivity contribution in [3.8, 4) is 0 Å². The standard InChI is InChI=1S/C17H23ClN4O/c1-13(2)16(23)22-7-6-19-17(22)21-10-8-20(9-11-21)15-5-3-4-14(18)12-15/h3-5,12-13H,6-11H2,1-2H3. The average molecular weight is 335 g/mol. The van der Waals surface area contributed by atoms with Crippen LogP contribution < -0.4 is 4.90 Å². The summed E-state index contributed by atoms with van der Waals surface area (Å²) in [5.74, 6) is 1.03. The molecule has 1 fully saturated rings. The number of hydrogen-bond acceptors (Lipinski definition) is 4. The van der Waals surface area contributed by atoms with E-state index in [1.165, 1.54) is 0 Å². The van der Waals surface area contributed by atoms with Crippen molar-refractivity contribution in [3.05, 3.63) is 29.3 Å². The van der Waals surface area contributed by atoms with E-state index in [2.05, 4.69) is 20.9 Å². The van der Waals surface area contributed by atoms with Gasteiger partial charge in [0.15, 0.2) is 0 Å². The van der Waals surface area contributed by atoms with Crippen molar-refractivity contribution < 1.29 is 4.79 Å². The van der Waals surface area contributed by atoms with E-state index < -0.39 is 0 Å². The number of carbonyl (C=O) groups excluding carboxylic acids is 1. The Morgan fingerprint density at radius 3 is 2.48 bits per heavy atom. The van der Waals surface area contributed by atoms with Crippen LogP contribution in [0.15, 0.2) is 29.3 Å². The predicted molar refractivity (Wildman–Crippen MR) is 94.1 cm³/mol. The Balaban J connectivity index is 1.64. The van der Waals surface area contributed by atoms with Gasteiger partial charge in [0.25, 0.3) is 0 Å². The molecule has 1 aromatic rings. The van der Waals surface area contributed by atoms with Gasteiger partial charge in [-0.05, 0) is 18.2 Å². The molecule has 3 rings (SSSR count). The van der Waals surface area contributed by atoms with E-state index in [0.717, 1.165) is 42.8 Å². The highest BCUT2D eigenvalue weighted by atomic mass is 35.5. The fraction of sp³-hybridized carbons (Fsp3) is 0.529. The number of aliphatic imine (C=N–C) groups is 1. The van der Waals surface area contributed by atoms with Gasteiger partial charge in [-0.25, -0.2) is 0 Å². The molecule has 0 bridgehead atoms. The van der Waals surface area contributed by atoms with Crippen molar-refractivity contribution >= 4 is 29.2 Å². The van der Waals surface area contributed by atoms with Gasteiger partial charge in [-0.3, -0.25) is 14.7 Å². The lowest BCUT2D eigenvalue weighted by Gasteiger charge is -2.39. The number of piperazine rings is 1. The fourth-order valence-corrected chi connectivity index (χ4v) is 3.25. The molecule has 0 saturated carbocycles.